The standard InChI is InChI=1S/C15H14N2OS.C6H12FNO/c1-10(2)18-15-14(13-8-5-9-19-13)16-11-6-3-4-7-12(11)17-15;1-5(2)6(9)8-4-3-7/h3-10H,1-2H3;5H,3-4H2,1-2H3,(H,8,9). The number of carbonyl (C=O) groups is 1. The first kappa shape index (κ1) is 21.8. The minimum absolute atomic E-state index is 0.0449. The lowest BCUT2D eigenvalue weighted by atomic mass is 10.2. The van der Waals surface area contributed by atoms with Gasteiger partial charge < -0.3 is 10.1 Å². The van der Waals surface area contributed by atoms with Crippen molar-refractivity contribution in [1.29, 1.82) is 0 Å². The predicted molar refractivity (Wildman–Crippen MR) is 112 cm³/mol. The maximum absolute atomic E-state index is 11.4. The molecule has 0 spiro atoms. The topological polar surface area (TPSA) is 64.1 Å². The molecule has 1 amide bonds. The Kier molecular flexibility index (Phi) is 8.32. The highest BCUT2D eigenvalue weighted by Gasteiger charge is 2.14. The average molecular weight is 404 g/mol. The molecule has 3 rings (SSSR count). The fraction of sp³-hybridized carbons (Fsp3) is 0.381. The number of carbonyl (C=O) groups excluding carboxylic acids is 1. The number of ether oxygens (including phenoxy) is 1. The van der Waals surface area contributed by atoms with Crippen LogP contribution in [0, 0.1) is 5.92 Å². The average Bonchev–Trinajstić information content (AvgIpc) is 3.20. The molecule has 2 heterocycles. The fourth-order valence-electron chi connectivity index (χ4n) is 2.24. The van der Waals surface area contributed by atoms with E-state index in [1.165, 1.54) is 0 Å². The summed E-state index contributed by atoms with van der Waals surface area (Å²) in [6, 6.07) is 11.9. The number of rotatable bonds is 6. The molecule has 0 atom stereocenters. The summed E-state index contributed by atoms with van der Waals surface area (Å²) in [5.74, 6) is 0.473. The van der Waals surface area contributed by atoms with Crippen molar-refractivity contribution >= 4 is 28.3 Å². The number of aromatic nitrogens is 2. The molecule has 150 valence electrons. The summed E-state index contributed by atoms with van der Waals surface area (Å²) in [5, 5.41) is 4.45. The second-order valence-corrected chi connectivity index (χ2v) is 7.59. The summed E-state index contributed by atoms with van der Waals surface area (Å²) < 4.78 is 17.2. The minimum Gasteiger partial charge on any atom is -0.473 e. The van der Waals surface area contributed by atoms with E-state index in [9.17, 15) is 9.18 Å². The van der Waals surface area contributed by atoms with Crippen LogP contribution in [0.1, 0.15) is 27.7 Å². The smallest absolute Gasteiger partial charge is 0.242 e. The molecule has 0 saturated heterocycles. The molecule has 3 aromatic rings. The fourth-order valence-corrected chi connectivity index (χ4v) is 2.94. The third-order valence-electron chi connectivity index (χ3n) is 3.56. The number of thiophene rings is 1. The molecule has 28 heavy (non-hydrogen) atoms. The summed E-state index contributed by atoms with van der Waals surface area (Å²) in [6.07, 6.45) is 0.0779. The first-order valence-corrected chi connectivity index (χ1v) is 10.1. The Hall–Kier alpha value is -2.54. The molecule has 0 unspecified atom stereocenters. The van der Waals surface area contributed by atoms with Crippen molar-refractivity contribution in [2.75, 3.05) is 13.2 Å². The summed E-state index contributed by atoms with van der Waals surface area (Å²) in [7, 11) is 0. The van der Waals surface area contributed by atoms with Gasteiger partial charge in [0.15, 0.2) is 0 Å². The molecule has 1 aromatic carbocycles. The van der Waals surface area contributed by atoms with E-state index in [2.05, 4.69) is 10.3 Å². The normalized spacial score (nSPS) is 10.7. The van der Waals surface area contributed by atoms with Crippen LogP contribution in [0.5, 0.6) is 5.88 Å². The highest BCUT2D eigenvalue weighted by atomic mass is 32.1. The van der Waals surface area contributed by atoms with Gasteiger partial charge in [-0.3, -0.25) is 4.79 Å². The first-order valence-electron chi connectivity index (χ1n) is 9.23. The van der Waals surface area contributed by atoms with E-state index in [0.717, 1.165) is 21.6 Å². The summed E-state index contributed by atoms with van der Waals surface area (Å²) in [6.45, 7) is 7.18. The Bertz CT molecular complexity index is 882. The van der Waals surface area contributed by atoms with E-state index >= 15 is 0 Å². The number of fused-ring (bicyclic) bond motifs is 1. The van der Waals surface area contributed by atoms with Crippen molar-refractivity contribution in [2.45, 2.75) is 33.8 Å². The molecule has 0 saturated carbocycles. The number of hydrogen-bond acceptors (Lipinski definition) is 5. The lowest BCUT2D eigenvalue weighted by molar-refractivity contribution is -0.124. The van der Waals surface area contributed by atoms with E-state index in [1.54, 1.807) is 25.2 Å². The number of halogens is 1. The molecule has 0 fully saturated rings. The van der Waals surface area contributed by atoms with Gasteiger partial charge in [0.25, 0.3) is 0 Å². The molecular formula is C21H26FN3O2S. The van der Waals surface area contributed by atoms with Crippen molar-refractivity contribution < 1.29 is 13.9 Å². The molecule has 1 N–H and O–H groups in total. The van der Waals surface area contributed by atoms with Crippen LogP contribution in [-0.2, 0) is 4.79 Å². The van der Waals surface area contributed by atoms with Gasteiger partial charge in [0.1, 0.15) is 12.4 Å². The van der Waals surface area contributed by atoms with Gasteiger partial charge in [-0.15, -0.1) is 11.3 Å². The maximum atomic E-state index is 11.4. The summed E-state index contributed by atoms with van der Waals surface area (Å²) >= 11 is 1.64. The lowest BCUT2D eigenvalue weighted by Crippen LogP contribution is -2.29. The Morgan fingerprint density at radius 2 is 1.79 bits per heavy atom. The molecule has 2 aromatic heterocycles. The van der Waals surface area contributed by atoms with Crippen molar-refractivity contribution in [3.8, 4) is 16.5 Å². The third kappa shape index (κ3) is 6.27. The van der Waals surface area contributed by atoms with Crippen molar-refractivity contribution in [2.24, 2.45) is 5.92 Å². The van der Waals surface area contributed by atoms with E-state index in [1.807, 2.05) is 55.6 Å². The maximum Gasteiger partial charge on any atom is 0.242 e. The molecule has 0 aliphatic rings. The number of hydrogen-bond donors (Lipinski definition) is 1. The number of benzene rings is 1. The van der Waals surface area contributed by atoms with Crippen LogP contribution < -0.4 is 10.1 Å². The van der Waals surface area contributed by atoms with E-state index in [-0.39, 0.29) is 24.5 Å². The van der Waals surface area contributed by atoms with Crippen LogP contribution in [0.4, 0.5) is 4.39 Å². The molecule has 0 radical (unpaired) electrons. The highest BCUT2D eigenvalue weighted by molar-refractivity contribution is 7.13. The van der Waals surface area contributed by atoms with Gasteiger partial charge in [-0.25, -0.2) is 14.4 Å². The molecular weight excluding hydrogens is 377 g/mol. The SMILES string of the molecule is CC(C)C(=O)NCCF.CC(C)Oc1nc2ccccc2nc1-c1cccs1. The quantitative estimate of drug-likeness (QED) is 0.637. The minimum atomic E-state index is -0.488. The third-order valence-corrected chi connectivity index (χ3v) is 4.44. The van der Waals surface area contributed by atoms with Crippen molar-refractivity contribution in [1.82, 2.24) is 15.3 Å². The number of nitrogens with zero attached hydrogens (tertiary/aromatic N) is 2. The summed E-state index contributed by atoms with van der Waals surface area (Å²) in [5.41, 5.74) is 2.57. The van der Waals surface area contributed by atoms with Crippen molar-refractivity contribution in [3.05, 3.63) is 41.8 Å². The largest absolute Gasteiger partial charge is 0.473 e. The monoisotopic (exact) mass is 403 g/mol. The van der Waals surface area contributed by atoms with Crippen molar-refractivity contribution in [3.63, 3.8) is 0 Å². The van der Waals surface area contributed by atoms with Crippen LogP contribution in [0.2, 0.25) is 0 Å². The van der Waals surface area contributed by atoms with E-state index in [4.69, 9.17) is 9.72 Å². The number of nitrogens with one attached hydrogen (secondary N) is 1. The van der Waals surface area contributed by atoms with Gasteiger partial charge in [0.2, 0.25) is 11.8 Å². The molecule has 0 aliphatic heterocycles. The number of amides is 1. The Morgan fingerprint density at radius 1 is 1.11 bits per heavy atom. The zero-order valence-corrected chi connectivity index (χ0v) is 17.4. The Labute approximate surface area is 169 Å². The Balaban J connectivity index is 0.000000266. The van der Waals surface area contributed by atoms with E-state index in [0.29, 0.717) is 5.88 Å². The highest BCUT2D eigenvalue weighted by Crippen LogP contribution is 2.32. The number of alkyl halides is 1. The van der Waals surface area contributed by atoms with Gasteiger partial charge in [-0.1, -0.05) is 32.0 Å². The zero-order valence-electron chi connectivity index (χ0n) is 16.6. The zero-order chi connectivity index (χ0) is 20.5. The number of para-hydroxylation sites is 2. The second kappa shape index (κ2) is 10.7. The van der Waals surface area contributed by atoms with E-state index < -0.39 is 6.67 Å². The van der Waals surface area contributed by atoms with Crippen LogP contribution >= 0.6 is 11.3 Å². The Morgan fingerprint density at radius 3 is 2.32 bits per heavy atom. The molecule has 7 heteroatoms. The molecule has 0 bridgehead atoms. The van der Waals surface area contributed by atoms with Gasteiger partial charge >= 0.3 is 0 Å². The van der Waals surface area contributed by atoms with Gasteiger partial charge in [0.05, 0.1) is 22.0 Å². The summed E-state index contributed by atoms with van der Waals surface area (Å²) in [4.78, 5) is 21.0. The molecule has 0 aliphatic carbocycles. The second-order valence-electron chi connectivity index (χ2n) is 6.64. The lowest BCUT2D eigenvalue weighted by Gasteiger charge is -2.12. The molecule has 5 nitrogen and oxygen atoms in total. The van der Waals surface area contributed by atoms with Crippen LogP contribution in [0.15, 0.2) is 41.8 Å². The van der Waals surface area contributed by atoms with Gasteiger partial charge in [0, 0.05) is 12.5 Å². The first-order chi connectivity index (χ1) is 13.4. The van der Waals surface area contributed by atoms with Crippen LogP contribution in [0.3, 0.4) is 0 Å². The predicted octanol–water partition coefficient (Wildman–Crippen LogP) is 4.87. The van der Waals surface area contributed by atoms with Crippen LogP contribution in [0.25, 0.3) is 21.6 Å². The van der Waals surface area contributed by atoms with Gasteiger partial charge in [-0.05, 0) is 37.4 Å². The van der Waals surface area contributed by atoms with Crippen LogP contribution in [-0.4, -0.2) is 35.2 Å². The van der Waals surface area contributed by atoms with Gasteiger partial charge in [-0.2, -0.15) is 0 Å².